The number of phenols is 1. The molecule has 25 heavy (non-hydrogen) atoms. The third kappa shape index (κ3) is 3.74. The van der Waals surface area contributed by atoms with Crippen LogP contribution in [0.5, 0.6) is 5.75 Å². The number of rotatable bonds is 4. The predicted molar refractivity (Wildman–Crippen MR) is 108 cm³/mol. The first kappa shape index (κ1) is 19.5. The van der Waals surface area contributed by atoms with Crippen LogP contribution in [0.1, 0.15) is 47.1 Å². The number of fused-ring (bicyclic) bond motifs is 1. The number of hydrogen-bond acceptors (Lipinski definition) is 1. The first-order chi connectivity index (χ1) is 11.7. The van der Waals surface area contributed by atoms with Crippen LogP contribution >= 0.6 is 0 Å². The molecule has 0 aliphatic heterocycles. The maximum Gasteiger partial charge on any atom is 0.139 e. The van der Waals surface area contributed by atoms with E-state index in [9.17, 15) is 9.50 Å². The molecule has 1 N–H and O–H groups in total. The summed E-state index contributed by atoms with van der Waals surface area (Å²) in [6.07, 6.45) is 0. The minimum absolute atomic E-state index is 0.186. The van der Waals surface area contributed by atoms with Crippen molar-refractivity contribution >= 4 is 20.3 Å². The molecule has 0 aliphatic rings. The fraction of sp³-hybridized carbons (Fsp3) is 0.455. The molecule has 2 aromatic rings. The van der Waals surface area contributed by atoms with Crippen molar-refractivity contribution in [2.24, 2.45) is 17.8 Å². The molecule has 0 saturated heterocycles. The highest BCUT2D eigenvalue weighted by Crippen LogP contribution is 2.49. The van der Waals surface area contributed by atoms with Gasteiger partial charge in [0.15, 0.2) is 0 Å². The molecule has 0 aliphatic carbocycles. The fourth-order valence-corrected chi connectivity index (χ4v) is 6.11. The van der Waals surface area contributed by atoms with Crippen molar-refractivity contribution in [2.45, 2.75) is 46.6 Å². The van der Waals surface area contributed by atoms with Gasteiger partial charge < -0.3 is 5.11 Å². The van der Waals surface area contributed by atoms with Gasteiger partial charge in [0, 0.05) is 5.39 Å². The van der Waals surface area contributed by atoms with E-state index in [1.165, 1.54) is 6.07 Å². The molecule has 0 atom stereocenters. The maximum absolute atomic E-state index is 14.4. The lowest BCUT2D eigenvalue weighted by molar-refractivity contribution is 0.233. The Balaban J connectivity index is 2.47. The Morgan fingerprint density at radius 2 is 1.56 bits per heavy atom. The minimum atomic E-state index is -0.735. The lowest BCUT2D eigenvalue weighted by atomic mass is 9.76. The van der Waals surface area contributed by atoms with Gasteiger partial charge in [0.1, 0.15) is 21.1 Å². The molecule has 134 valence electrons. The third-order valence-electron chi connectivity index (χ3n) is 5.79. The average molecular weight is 357 g/mol. The van der Waals surface area contributed by atoms with Gasteiger partial charge in [-0.25, -0.2) is 4.39 Å². The summed E-state index contributed by atoms with van der Waals surface area (Å²) < 4.78 is 14.4. The normalized spacial score (nSPS) is 12.6. The Hall–Kier alpha value is -1.79. The fourth-order valence-electron chi connectivity index (χ4n) is 4.32. The zero-order valence-corrected chi connectivity index (χ0v) is 17.6. The lowest BCUT2D eigenvalue weighted by Gasteiger charge is -2.44. The molecule has 0 amide bonds. The standard InChI is InChI=1S/C22H29FOSi/c1-14(2)22(15(3)4,16(5)6)25-12-11-20-19-9-8-18(24)13-17(19)7-10-21(20)23/h7-10,13-16,24H,25H2,1-6H3. The molecule has 0 spiro atoms. The van der Waals surface area contributed by atoms with Crippen LogP contribution in [0.25, 0.3) is 10.8 Å². The van der Waals surface area contributed by atoms with Gasteiger partial charge in [-0.15, -0.1) is 5.54 Å². The van der Waals surface area contributed by atoms with Crippen molar-refractivity contribution in [1.82, 2.24) is 0 Å². The van der Waals surface area contributed by atoms with Crippen LogP contribution in [0, 0.1) is 35.0 Å². The summed E-state index contributed by atoms with van der Waals surface area (Å²) in [5.74, 6) is 4.72. The van der Waals surface area contributed by atoms with E-state index in [2.05, 4.69) is 53.0 Å². The predicted octanol–water partition coefficient (Wildman–Crippen LogP) is 5.29. The van der Waals surface area contributed by atoms with Crippen LogP contribution in [-0.4, -0.2) is 14.6 Å². The third-order valence-corrected chi connectivity index (χ3v) is 9.20. The monoisotopic (exact) mass is 356 g/mol. The molecule has 1 nitrogen and oxygen atoms in total. The van der Waals surface area contributed by atoms with Crippen molar-refractivity contribution < 1.29 is 9.50 Å². The summed E-state index contributed by atoms with van der Waals surface area (Å²) in [5, 5.41) is 11.5. The molecule has 0 bridgehead atoms. The largest absolute Gasteiger partial charge is 0.508 e. The van der Waals surface area contributed by atoms with E-state index in [1.54, 1.807) is 24.3 Å². The summed E-state index contributed by atoms with van der Waals surface area (Å²) >= 11 is 0. The molecule has 2 aromatic carbocycles. The number of aromatic hydroxyl groups is 1. The van der Waals surface area contributed by atoms with Gasteiger partial charge in [-0.1, -0.05) is 53.5 Å². The van der Waals surface area contributed by atoms with E-state index in [1.807, 2.05) is 0 Å². The zero-order valence-electron chi connectivity index (χ0n) is 16.2. The molecule has 2 rings (SSSR count). The Morgan fingerprint density at radius 1 is 0.960 bits per heavy atom. The SMILES string of the molecule is CC(C)C([SiH2]C#Cc1c(F)ccc2cc(O)ccc12)(C(C)C)C(C)C. The van der Waals surface area contributed by atoms with Crippen LogP contribution in [0.4, 0.5) is 4.39 Å². The Labute approximate surface area is 153 Å². The van der Waals surface area contributed by atoms with Crippen LogP contribution < -0.4 is 0 Å². The molecule has 0 unspecified atom stereocenters. The summed E-state index contributed by atoms with van der Waals surface area (Å²) in [4.78, 5) is 0. The number of hydrogen-bond donors (Lipinski definition) is 1. The molecule has 0 heterocycles. The van der Waals surface area contributed by atoms with Crippen LogP contribution in [0.15, 0.2) is 30.3 Å². The van der Waals surface area contributed by atoms with E-state index >= 15 is 0 Å². The van der Waals surface area contributed by atoms with Gasteiger partial charge in [0.05, 0.1) is 5.56 Å². The van der Waals surface area contributed by atoms with Gasteiger partial charge >= 0.3 is 0 Å². The number of phenolic OH excluding ortho intramolecular Hbond substituents is 1. The molecule has 0 saturated carbocycles. The van der Waals surface area contributed by atoms with Gasteiger partial charge in [0.25, 0.3) is 0 Å². The van der Waals surface area contributed by atoms with Gasteiger partial charge in [-0.3, -0.25) is 0 Å². The molecule has 3 heteroatoms. The van der Waals surface area contributed by atoms with Gasteiger partial charge in [0.2, 0.25) is 0 Å². The lowest BCUT2D eigenvalue weighted by Crippen LogP contribution is -2.36. The smallest absolute Gasteiger partial charge is 0.139 e. The minimum Gasteiger partial charge on any atom is -0.508 e. The van der Waals surface area contributed by atoms with E-state index < -0.39 is 9.52 Å². The molecular weight excluding hydrogens is 327 g/mol. The van der Waals surface area contributed by atoms with E-state index in [0.717, 1.165) is 10.8 Å². The van der Waals surface area contributed by atoms with Crippen LogP contribution in [0.2, 0.25) is 5.04 Å². The van der Waals surface area contributed by atoms with E-state index in [4.69, 9.17) is 0 Å². The van der Waals surface area contributed by atoms with Crippen LogP contribution in [0.3, 0.4) is 0 Å². The zero-order chi connectivity index (χ0) is 18.8. The molecule has 0 radical (unpaired) electrons. The summed E-state index contributed by atoms with van der Waals surface area (Å²) in [6.45, 7) is 13.7. The van der Waals surface area contributed by atoms with E-state index in [-0.39, 0.29) is 16.6 Å². The first-order valence-corrected chi connectivity index (χ1v) is 10.5. The summed E-state index contributed by atoms with van der Waals surface area (Å²) in [7, 11) is -0.735. The first-order valence-electron chi connectivity index (χ1n) is 9.10. The highest BCUT2D eigenvalue weighted by Gasteiger charge is 2.39. The Bertz CT molecular complexity index is 790. The highest BCUT2D eigenvalue weighted by atomic mass is 28.2. The second kappa shape index (κ2) is 7.62. The topological polar surface area (TPSA) is 20.2 Å². The Kier molecular flexibility index (Phi) is 5.95. The number of benzene rings is 2. The second-order valence-corrected chi connectivity index (χ2v) is 9.81. The number of halogens is 1. The van der Waals surface area contributed by atoms with Crippen LogP contribution in [-0.2, 0) is 0 Å². The van der Waals surface area contributed by atoms with Crippen molar-refractivity contribution in [2.75, 3.05) is 0 Å². The maximum atomic E-state index is 14.4. The molecule has 0 fully saturated rings. The van der Waals surface area contributed by atoms with Gasteiger partial charge in [-0.05, 0) is 52.4 Å². The van der Waals surface area contributed by atoms with Crippen molar-refractivity contribution in [3.8, 4) is 17.2 Å². The van der Waals surface area contributed by atoms with Crippen molar-refractivity contribution in [1.29, 1.82) is 0 Å². The van der Waals surface area contributed by atoms with Crippen molar-refractivity contribution in [3.05, 3.63) is 41.7 Å². The average Bonchev–Trinajstić information content (AvgIpc) is 2.52. The van der Waals surface area contributed by atoms with Crippen molar-refractivity contribution in [3.63, 3.8) is 0 Å². The molecule has 0 aromatic heterocycles. The second-order valence-electron chi connectivity index (χ2n) is 7.88. The van der Waals surface area contributed by atoms with Gasteiger partial charge in [-0.2, -0.15) is 0 Å². The quantitative estimate of drug-likeness (QED) is 0.583. The summed E-state index contributed by atoms with van der Waals surface area (Å²) in [6, 6.07) is 8.12. The Morgan fingerprint density at radius 3 is 2.12 bits per heavy atom. The van der Waals surface area contributed by atoms with E-state index in [0.29, 0.717) is 23.3 Å². The molecular formula is C22H29FOSi. The summed E-state index contributed by atoms with van der Waals surface area (Å²) in [5.41, 5.74) is 3.87. The highest BCUT2D eigenvalue weighted by molar-refractivity contribution is 6.50.